The Kier molecular flexibility index (Phi) is 5.71. The maximum absolute atomic E-state index is 12.7. The van der Waals surface area contributed by atoms with Gasteiger partial charge in [-0.1, -0.05) is 0 Å². The van der Waals surface area contributed by atoms with E-state index in [1.165, 1.54) is 0 Å². The van der Waals surface area contributed by atoms with Gasteiger partial charge in [-0.3, -0.25) is 4.79 Å². The van der Waals surface area contributed by atoms with Crippen molar-refractivity contribution >= 4 is 11.6 Å². The minimum absolute atomic E-state index is 0.0362. The van der Waals surface area contributed by atoms with E-state index in [-0.39, 0.29) is 12.0 Å². The van der Waals surface area contributed by atoms with Crippen LogP contribution >= 0.6 is 0 Å². The average molecular weight is 354 g/mol. The molecular formula is C20H26N4O2. The molecule has 0 saturated carbocycles. The van der Waals surface area contributed by atoms with Crippen molar-refractivity contribution in [3.63, 3.8) is 0 Å². The molecule has 26 heavy (non-hydrogen) atoms. The Morgan fingerprint density at radius 1 is 1.15 bits per heavy atom. The molecule has 2 aromatic rings. The van der Waals surface area contributed by atoms with Crippen LogP contribution in [0.4, 0.5) is 5.69 Å². The molecule has 1 saturated heterocycles. The number of anilines is 1. The second kappa shape index (κ2) is 8.17. The topological polar surface area (TPSA) is 58.6 Å². The molecule has 6 nitrogen and oxygen atoms in total. The number of ether oxygens (including phenoxy) is 1. The molecule has 1 fully saturated rings. The molecule has 0 N–H and O–H groups in total. The van der Waals surface area contributed by atoms with Crippen LogP contribution in [0, 0.1) is 6.92 Å². The van der Waals surface area contributed by atoms with Gasteiger partial charge in [0.15, 0.2) is 0 Å². The zero-order valence-corrected chi connectivity index (χ0v) is 15.7. The van der Waals surface area contributed by atoms with Crippen molar-refractivity contribution < 1.29 is 9.53 Å². The molecule has 1 amide bonds. The summed E-state index contributed by atoms with van der Waals surface area (Å²) in [6.07, 6.45) is 0.768. The summed E-state index contributed by atoms with van der Waals surface area (Å²) in [5.41, 5.74) is 2.72. The number of amides is 1. The first-order valence-corrected chi connectivity index (χ1v) is 9.22. The van der Waals surface area contributed by atoms with Crippen LogP contribution in [0.2, 0.25) is 0 Å². The zero-order chi connectivity index (χ0) is 18.5. The van der Waals surface area contributed by atoms with Crippen LogP contribution in [-0.4, -0.2) is 53.3 Å². The first-order chi connectivity index (χ1) is 12.6. The van der Waals surface area contributed by atoms with Crippen LogP contribution in [0.25, 0.3) is 0 Å². The van der Waals surface area contributed by atoms with Gasteiger partial charge < -0.3 is 14.5 Å². The zero-order valence-electron chi connectivity index (χ0n) is 15.7. The highest BCUT2D eigenvalue weighted by atomic mass is 16.5. The fourth-order valence-electron chi connectivity index (χ4n) is 3.22. The third-order valence-corrected chi connectivity index (χ3v) is 4.74. The summed E-state index contributed by atoms with van der Waals surface area (Å²) in [6.45, 7) is 9.33. The molecule has 138 valence electrons. The van der Waals surface area contributed by atoms with Gasteiger partial charge in [-0.2, -0.15) is 5.10 Å². The van der Waals surface area contributed by atoms with Gasteiger partial charge in [-0.15, -0.1) is 5.10 Å². The lowest BCUT2D eigenvalue weighted by molar-refractivity contribution is 0.0771. The van der Waals surface area contributed by atoms with Gasteiger partial charge in [0, 0.05) is 43.4 Å². The van der Waals surface area contributed by atoms with Gasteiger partial charge in [-0.05, 0) is 51.1 Å². The van der Waals surface area contributed by atoms with E-state index in [1.807, 2.05) is 48.2 Å². The Morgan fingerprint density at radius 3 is 2.50 bits per heavy atom. The van der Waals surface area contributed by atoms with E-state index in [0.29, 0.717) is 19.0 Å². The quantitative estimate of drug-likeness (QED) is 0.798. The molecule has 2 heterocycles. The third-order valence-electron chi connectivity index (χ3n) is 4.74. The molecule has 1 atom stereocenters. The maximum atomic E-state index is 12.7. The van der Waals surface area contributed by atoms with E-state index in [2.05, 4.69) is 28.9 Å². The van der Waals surface area contributed by atoms with Gasteiger partial charge in [0.05, 0.1) is 12.2 Å². The second-order valence-electron chi connectivity index (χ2n) is 6.51. The molecule has 3 rings (SSSR count). The van der Waals surface area contributed by atoms with Crippen LogP contribution < -0.4 is 9.64 Å². The Balaban J connectivity index is 1.59. The molecule has 6 heteroatoms. The number of likely N-dealkylation sites (tertiary alicyclic amines) is 1. The summed E-state index contributed by atoms with van der Waals surface area (Å²) in [5.74, 6) is 0.565. The van der Waals surface area contributed by atoms with Crippen molar-refractivity contribution in [2.45, 2.75) is 33.3 Å². The Labute approximate surface area is 154 Å². The normalized spacial score (nSPS) is 16.6. The van der Waals surface area contributed by atoms with Crippen LogP contribution in [0.5, 0.6) is 5.88 Å². The minimum atomic E-state index is -0.0362. The lowest BCUT2D eigenvalue weighted by atomic mass is 10.1. The fraction of sp³-hybridized carbons (Fsp3) is 0.450. The lowest BCUT2D eigenvalue weighted by Crippen LogP contribution is -2.31. The van der Waals surface area contributed by atoms with Crippen molar-refractivity contribution in [2.24, 2.45) is 0 Å². The van der Waals surface area contributed by atoms with Gasteiger partial charge in [-0.25, -0.2) is 0 Å². The highest BCUT2D eigenvalue weighted by Gasteiger charge is 2.28. The molecule has 0 spiro atoms. The highest BCUT2D eigenvalue weighted by molar-refractivity contribution is 5.94. The summed E-state index contributed by atoms with van der Waals surface area (Å²) in [4.78, 5) is 16.8. The standard InChI is InChI=1S/C20H26N4O2/c1-4-23(5-2)17-9-7-16(8-10-17)20(25)24-13-12-18(14-24)26-19-11-6-15(3)21-22-19/h6-11,18H,4-5,12-14H2,1-3H3. The molecule has 0 radical (unpaired) electrons. The number of hydrogen-bond acceptors (Lipinski definition) is 5. The van der Waals surface area contributed by atoms with Gasteiger partial charge in [0.25, 0.3) is 5.91 Å². The third kappa shape index (κ3) is 4.12. The number of rotatable bonds is 6. The summed E-state index contributed by atoms with van der Waals surface area (Å²) in [6, 6.07) is 11.6. The predicted molar refractivity (Wildman–Crippen MR) is 102 cm³/mol. The number of hydrogen-bond donors (Lipinski definition) is 0. The molecule has 1 aromatic carbocycles. The predicted octanol–water partition coefficient (Wildman–Crippen LogP) is 2.92. The van der Waals surface area contributed by atoms with Crippen molar-refractivity contribution in [1.29, 1.82) is 0 Å². The highest BCUT2D eigenvalue weighted by Crippen LogP contribution is 2.20. The van der Waals surface area contributed by atoms with E-state index in [1.54, 1.807) is 0 Å². The molecular weight excluding hydrogens is 328 g/mol. The average Bonchev–Trinajstić information content (AvgIpc) is 3.13. The molecule has 1 unspecified atom stereocenters. The van der Waals surface area contributed by atoms with E-state index in [9.17, 15) is 4.79 Å². The summed E-state index contributed by atoms with van der Waals surface area (Å²) >= 11 is 0. The number of aromatic nitrogens is 2. The number of carbonyl (C=O) groups is 1. The van der Waals surface area contributed by atoms with E-state index < -0.39 is 0 Å². The summed E-state index contributed by atoms with van der Waals surface area (Å²) in [7, 11) is 0. The van der Waals surface area contributed by atoms with Crippen LogP contribution in [0.15, 0.2) is 36.4 Å². The summed E-state index contributed by atoms with van der Waals surface area (Å²) in [5, 5.41) is 8.03. The van der Waals surface area contributed by atoms with Gasteiger partial charge in [0.2, 0.25) is 5.88 Å². The number of aryl methyl sites for hydroxylation is 1. The van der Waals surface area contributed by atoms with Crippen molar-refractivity contribution in [3.05, 3.63) is 47.7 Å². The molecule has 1 aliphatic rings. The first-order valence-electron chi connectivity index (χ1n) is 9.22. The van der Waals surface area contributed by atoms with Crippen LogP contribution in [0.1, 0.15) is 36.3 Å². The van der Waals surface area contributed by atoms with E-state index >= 15 is 0 Å². The largest absolute Gasteiger partial charge is 0.471 e. The molecule has 0 aliphatic carbocycles. The maximum Gasteiger partial charge on any atom is 0.253 e. The van der Waals surface area contributed by atoms with E-state index in [4.69, 9.17) is 4.74 Å². The molecule has 1 aromatic heterocycles. The van der Waals surface area contributed by atoms with Gasteiger partial charge in [0.1, 0.15) is 6.10 Å². The monoisotopic (exact) mass is 354 g/mol. The summed E-state index contributed by atoms with van der Waals surface area (Å²) < 4.78 is 5.85. The van der Waals surface area contributed by atoms with Gasteiger partial charge >= 0.3 is 0 Å². The number of nitrogens with zero attached hydrogens (tertiary/aromatic N) is 4. The minimum Gasteiger partial charge on any atom is -0.471 e. The van der Waals surface area contributed by atoms with Crippen molar-refractivity contribution in [1.82, 2.24) is 15.1 Å². The molecule has 0 bridgehead atoms. The molecule has 1 aliphatic heterocycles. The Bertz CT molecular complexity index is 726. The van der Waals surface area contributed by atoms with Crippen molar-refractivity contribution in [3.8, 4) is 5.88 Å². The SMILES string of the molecule is CCN(CC)c1ccc(C(=O)N2CCC(Oc3ccc(C)nn3)C2)cc1. The number of carbonyl (C=O) groups excluding carboxylic acids is 1. The Hall–Kier alpha value is -2.63. The number of benzene rings is 1. The smallest absolute Gasteiger partial charge is 0.253 e. The van der Waals surface area contributed by atoms with Crippen LogP contribution in [-0.2, 0) is 0 Å². The first kappa shape index (κ1) is 18.2. The van der Waals surface area contributed by atoms with E-state index in [0.717, 1.165) is 36.5 Å². The second-order valence-corrected chi connectivity index (χ2v) is 6.51. The van der Waals surface area contributed by atoms with Crippen LogP contribution in [0.3, 0.4) is 0 Å². The Morgan fingerprint density at radius 2 is 1.88 bits per heavy atom. The lowest BCUT2D eigenvalue weighted by Gasteiger charge is -2.22. The fourth-order valence-corrected chi connectivity index (χ4v) is 3.22. The van der Waals surface area contributed by atoms with Crippen molar-refractivity contribution in [2.75, 3.05) is 31.1 Å².